The number of halogens is 1. The second kappa shape index (κ2) is 4.58. The molecule has 0 aliphatic heterocycles. The normalized spacial score (nSPS) is 15.2. The molecule has 16 heavy (non-hydrogen) atoms. The molecule has 0 amide bonds. The number of nitrogens with zero attached hydrogens (tertiary/aromatic N) is 2. The molecule has 0 aliphatic rings. The molecular formula is C9H10ClN3O2S. The fourth-order valence-corrected chi connectivity index (χ4v) is 1.85. The van der Waals surface area contributed by atoms with Gasteiger partial charge in [-0.25, -0.2) is 9.97 Å². The summed E-state index contributed by atoms with van der Waals surface area (Å²) in [7, 11) is 0. The van der Waals surface area contributed by atoms with Crippen LogP contribution in [0.1, 0.15) is 11.7 Å². The second-order valence-electron chi connectivity index (χ2n) is 3.33. The van der Waals surface area contributed by atoms with Crippen LogP contribution in [-0.2, 0) is 0 Å². The molecule has 0 fully saturated rings. The van der Waals surface area contributed by atoms with Crippen molar-refractivity contribution in [2.45, 2.75) is 12.2 Å². The van der Waals surface area contributed by atoms with Crippen LogP contribution in [0.5, 0.6) is 0 Å². The molecule has 0 radical (unpaired) electrons. The lowest BCUT2D eigenvalue weighted by Gasteiger charge is -2.14. The smallest absolute Gasteiger partial charge is 0.156 e. The first-order valence-electron chi connectivity index (χ1n) is 4.59. The van der Waals surface area contributed by atoms with E-state index in [2.05, 4.69) is 27.6 Å². The molecule has 2 heterocycles. The number of aromatic amines is 1. The van der Waals surface area contributed by atoms with E-state index in [1.54, 1.807) is 6.20 Å². The maximum atomic E-state index is 9.84. The Morgan fingerprint density at radius 1 is 1.44 bits per heavy atom. The van der Waals surface area contributed by atoms with E-state index in [1.165, 1.54) is 6.33 Å². The number of thiol groups is 1. The van der Waals surface area contributed by atoms with E-state index < -0.39 is 12.2 Å². The van der Waals surface area contributed by atoms with E-state index >= 15 is 0 Å². The molecular weight excluding hydrogens is 250 g/mol. The van der Waals surface area contributed by atoms with Crippen LogP contribution in [0.2, 0.25) is 5.15 Å². The second-order valence-corrected chi connectivity index (χ2v) is 4.05. The van der Waals surface area contributed by atoms with Crippen LogP contribution >= 0.6 is 24.2 Å². The third-order valence-corrected chi connectivity index (χ3v) is 2.98. The largest absolute Gasteiger partial charge is 0.389 e. The molecule has 2 unspecified atom stereocenters. The molecule has 0 aliphatic carbocycles. The zero-order chi connectivity index (χ0) is 11.7. The molecule has 3 N–H and O–H groups in total. The number of fused-ring (bicyclic) bond motifs is 1. The zero-order valence-corrected chi connectivity index (χ0v) is 9.78. The van der Waals surface area contributed by atoms with Crippen molar-refractivity contribution >= 4 is 35.3 Å². The van der Waals surface area contributed by atoms with Crippen molar-refractivity contribution in [1.82, 2.24) is 15.0 Å². The van der Waals surface area contributed by atoms with Gasteiger partial charge < -0.3 is 15.2 Å². The average Bonchev–Trinajstić information content (AvgIpc) is 2.72. The molecule has 2 rings (SSSR count). The predicted octanol–water partition coefficient (Wildman–Crippen LogP) is 0.935. The lowest BCUT2D eigenvalue weighted by atomic mass is 10.1. The Morgan fingerprint density at radius 3 is 2.88 bits per heavy atom. The number of rotatable bonds is 3. The highest BCUT2D eigenvalue weighted by molar-refractivity contribution is 7.80. The maximum Gasteiger partial charge on any atom is 0.156 e. The van der Waals surface area contributed by atoms with Gasteiger partial charge in [-0.05, 0) is 0 Å². The number of hydrogen-bond acceptors (Lipinski definition) is 5. The Morgan fingerprint density at radius 2 is 2.19 bits per heavy atom. The highest BCUT2D eigenvalue weighted by atomic mass is 35.5. The summed E-state index contributed by atoms with van der Waals surface area (Å²) < 4.78 is 0. The fraction of sp³-hybridized carbons (Fsp3) is 0.333. The average molecular weight is 260 g/mol. The molecule has 0 saturated carbocycles. The number of nitrogens with one attached hydrogen (secondary N) is 1. The Bertz CT molecular complexity index is 504. The van der Waals surface area contributed by atoms with Crippen LogP contribution in [0, 0.1) is 0 Å². The summed E-state index contributed by atoms with van der Waals surface area (Å²) in [5, 5.41) is 19.6. The van der Waals surface area contributed by atoms with Crippen molar-refractivity contribution in [1.29, 1.82) is 0 Å². The molecule has 0 bridgehead atoms. The minimum Gasteiger partial charge on any atom is -0.389 e. The Balaban J connectivity index is 2.50. The summed E-state index contributed by atoms with van der Waals surface area (Å²) in [4.78, 5) is 10.7. The van der Waals surface area contributed by atoms with E-state index in [0.29, 0.717) is 16.6 Å². The third kappa shape index (κ3) is 1.89. The van der Waals surface area contributed by atoms with E-state index in [0.717, 1.165) is 0 Å². The maximum absolute atomic E-state index is 9.84. The lowest BCUT2D eigenvalue weighted by Crippen LogP contribution is -2.19. The van der Waals surface area contributed by atoms with E-state index in [4.69, 9.17) is 11.6 Å². The van der Waals surface area contributed by atoms with Crippen molar-refractivity contribution in [3.05, 3.63) is 23.2 Å². The van der Waals surface area contributed by atoms with Gasteiger partial charge in [0, 0.05) is 17.5 Å². The first-order chi connectivity index (χ1) is 7.65. The summed E-state index contributed by atoms with van der Waals surface area (Å²) in [6.45, 7) is 0. The monoisotopic (exact) mass is 259 g/mol. The van der Waals surface area contributed by atoms with Crippen molar-refractivity contribution in [2.24, 2.45) is 0 Å². The zero-order valence-electron chi connectivity index (χ0n) is 8.13. The van der Waals surface area contributed by atoms with Gasteiger partial charge in [0.15, 0.2) is 5.15 Å². The molecule has 0 aromatic carbocycles. The van der Waals surface area contributed by atoms with Crippen LogP contribution in [0.3, 0.4) is 0 Å². The van der Waals surface area contributed by atoms with Crippen LogP contribution in [0.15, 0.2) is 12.5 Å². The van der Waals surface area contributed by atoms with Gasteiger partial charge in [0.1, 0.15) is 17.9 Å². The number of H-pyrrole nitrogens is 1. The van der Waals surface area contributed by atoms with Gasteiger partial charge in [-0.1, -0.05) is 11.6 Å². The molecule has 86 valence electrons. The van der Waals surface area contributed by atoms with Crippen LogP contribution in [-0.4, -0.2) is 37.0 Å². The predicted molar refractivity (Wildman–Crippen MR) is 63.7 cm³/mol. The standard InChI is InChI=1S/C9H10ClN3O2S/c10-9-7-6(12-3-13-9)4(1-11-7)8(15)5(14)2-16/h1,3,5,8,11,14-16H,2H2. The Labute approximate surface area is 102 Å². The minimum atomic E-state index is -1.04. The first kappa shape index (κ1) is 11.7. The highest BCUT2D eigenvalue weighted by Crippen LogP contribution is 2.27. The fourth-order valence-electron chi connectivity index (χ4n) is 1.46. The van der Waals surface area contributed by atoms with Gasteiger partial charge in [0.2, 0.25) is 0 Å². The number of aliphatic hydroxyl groups excluding tert-OH is 2. The van der Waals surface area contributed by atoms with E-state index in [9.17, 15) is 10.2 Å². The minimum absolute atomic E-state index is 0.159. The summed E-state index contributed by atoms with van der Waals surface area (Å²) in [6.07, 6.45) is 0.873. The number of aliphatic hydroxyl groups is 2. The Kier molecular flexibility index (Phi) is 3.34. The third-order valence-electron chi connectivity index (χ3n) is 2.32. The highest BCUT2D eigenvalue weighted by Gasteiger charge is 2.21. The van der Waals surface area contributed by atoms with Gasteiger partial charge in [-0.2, -0.15) is 12.6 Å². The van der Waals surface area contributed by atoms with Gasteiger partial charge in [0.05, 0.1) is 11.6 Å². The van der Waals surface area contributed by atoms with Crippen LogP contribution < -0.4 is 0 Å². The molecule has 0 spiro atoms. The quantitative estimate of drug-likeness (QED) is 0.488. The molecule has 0 saturated heterocycles. The van der Waals surface area contributed by atoms with Crippen LogP contribution in [0.4, 0.5) is 0 Å². The number of aromatic nitrogens is 3. The van der Waals surface area contributed by atoms with Gasteiger partial charge >= 0.3 is 0 Å². The van der Waals surface area contributed by atoms with Crippen molar-refractivity contribution < 1.29 is 10.2 Å². The van der Waals surface area contributed by atoms with E-state index in [-0.39, 0.29) is 10.9 Å². The van der Waals surface area contributed by atoms with Crippen molar-refractivity contribution in [2.75, 3.05) is 5.75 Å². The molecule has 2 atom stereocenters. The summed E-state index contributed by atoms with van der Waals surface area (Å²) in [5.41, 5.74) is 1.54. The first-order valence-corrected chi connectivity index (χ1v) is 5.60. The summed E-state index contributed by atoms with van der Waals surface area (Å²) >= 11 is 9.77. The van der Waals surface area contributed by atoms with Crippen molar-refractivity contribution in [3.63, 3.8) is 0 Å². The van der Waals surface area contributed by atoms with Gasteiger partial charge in [0.25, 0.3) is 0 Å². The van der Waals surface area contributed by atoms with E-state index in [1.807, 2.05) is 0 Å². The van der Waals surface area contributed by atoms with Crippen LogP contribution in [0.25, 0.3) is 11.0 Å². The molecule has 5 nitrogen and oxygen atoms in total. The SMILES string of the molecule is OC(CS)C(O)c1c[nH]c2c(Cl)ncnc12. The molecule has 7 heteroatoms. The molecule has 2 aromatic rings. The number of hydrogen-bond donors (Lipinski definition) is 4. The van der Waals surface area contributed by atoms with Gasteiger partial charge in [-0.15, -0.1) is 0 Å². The summed E-state index contributed by atoms with van der Waals surface area (Å²) in [6, 6.07) is 0. The van der Waals surface area contributed by atoms with Crippen molar-refractivity contribution in [3.8, 4) is 0 Å². The van der Waals surface area contributed by atoms with Gasteiger partial charge in [-0.3, -0.25) is 0 Å². The lowest BCUT2D eigenvalue weighted by molar-refractivity contribution is 0.0346. The Hall–Kier alpha value is -0.820. The summed E-state index contributed by atoms with van der Waals surface area (Å²) in [5.74, 6) is 0.159. The topological polar surface area (TPSA) is 82.0 Å². The molecule has 2 aromatic heterocycles.